The fraction of sp³-hybridized carbons (Fsp3) is 0.500. The second-order valence-electron chi connectivity index (χ2n) is 7.23. The number of rotatable bonds is 6. The Morgan fingerprint density at radius 1 is 1.21 bits per heavy atom. The summed E-state index contributed by atoms with van der Waals surface area (Å²) in [6.07, 6.45) is 0. The molecule has 0 amide bonds. The highest BCUT2D eigenvalue weighted by Gasteiger charge is 2.31. The van der Waals surface area contributed by atoms with Crippen molar-refractivity contribution in [2.45, 2.75) is 19.9 Å². The number of thiazole rings is 1. The van der Waals surface area contributed by atoms with Crippen molar-refractivity contribution in [1.29, 1.82) is 0 Å². The number of piperazine rings is 1. The lowest BCUT2D eigenvalue weighted by Crippen LogP contribution is -2.46. The average Bonchev–Trinajstić information content (AvgIpc) is 3.22. The van der Waals surface area contributed by atoms with Gasteiger partial charge in [-0.2, -0.15) is 4.52 Å². The summed E-state index contributed by atoms with van der Waals surface area (Å²) in [4.78, 5) is 10.7. The molecule has 1 aliphatic heterocycles. The van der Waals surface area contributed by atoms with E-state index in [1.165, 1.54) is 15.9 Å². The lowest BCUT2D eigenvalue weighted by atomic mass is 10.0. The summed E-state index contributed by atoms with van der Waals surface area (Å²) in [6, 6.07) is 5.90. The van der Waals surface area contributed by atoms with Gasteiger partial charge in [0, 0.05) is 26.2 Å². The number of fused-ring (bicyclic) bond motifs is 1. The Hall–Kier alpha value is -2.36. The zero-order valence-corrected chi connectivity index (χ0v) is 18.1. The summed E-state index contributed by atoms with van der Waals surface area (Å²) >= 11 is 1.48. The molecule has 4 rings (SSSR count). The number of aromatic nitrogens is 3. The molecule has 0 spiro atoms. The van der Waals surface area contributed by atoms with E-state index in [-0.39, 0.29) is 11.9 Å². The maximum atomic E-state index is 11.0. The SMILES string of the molecule is CCOc1ccc([C@@H](c2sc3nc(C)nn3c2O)N2CCN(C)CC2)cc1OC. The van der Waals surface area contributed by atoms with Crippen molar-refractivity contribution in [2.75, 3.05) is 46.9 Å². The van der Waals surface area contributed by atoms with Gasteiger partial charge in [-0.05, 0) is 38.6 Å². The van der Waals surface area contributed by atoms with Crippen LogP contribution in [-0.2, 0) is 0 Å². The van der Waals surface area contributed by atoms with Crippen molar-refractivity contribution in [2.24, 2.45) is 0 Å². The van der Waals surface area contributed by atoms with E-state index in [1.807, 2.05) is 26.0 Å². The molecule has 0 unspecified atom stereocenters. The number of aryl methyl sites for hydroxylation is 1. The van der Waals surface area contributed by atoms with E-state index in [4.69, 9.17) is 9.47 Å². The predicted octanol–water partition coefficient (Wildman–Crippen LogP) is 2.55. The average molecular weight is 418 g/mol. The molecule has 0 radical (unpaired) electrons. The van der Waals surface area contributed by atoms with Gasteiger partial charge >= 0.3 is 0 Å². The van der Waals surface area contributed by atoms with Crippen LogP contribution in [0.4, 0.5) is 0 Å². The Bertz CT molecular complexity index is 994. The Morgan fingerprint density at radius 3 is 2.62 bits per heavy atom. The first-order valence-corrected chi connectivity index (χ1v) is 10.6. The summed E-state index contributed by atoms with van der Waals surface area (Å²) in [6.45, 7) is 8.12. The highest BCUT2D eigenvalue weighted by atomic mass is 32.1. The zero-order valence-electron chi connectivity index (χ0n) is 17.3. The van der Waals surface area contributed by atoms with Gasteiger partial charge in [-0.25, -0.2) is 4.98 Å². The fourth-order valence-electron chi connectivity index (χ4n) is 3.76. The maximum Gasteiger partial charge on any atom is 0.230 e. The van der Waals surface area contributed by atoms with Crippen molar-refractivity contribution < 1.29 is 14.6 Å². The number of benzene rings is 1. The third-order valence-corrected chi connectivity index (χ3v) is 6.33. The van der Waals surface area contributed by atoms with E-state index in [2.05, 4.69) is 33.0 Å². The quantitative estimate of drug-likeness (QED) is 0.661. The van der Waals surface area contributed by atoms with E-state index in [9.17, 15) is 5.11 Å². The number of aromatic hydroxyl groups is 1. The maximum absolute atomic E-state index is 11.0. The second-order valence-corrected chi connectivity index (χ2v) is 8.24. The molecule has 1 saturated heterocycles. The third kappa shape index (κ3) is 3.77. The van der Waals surface area contributed by atoms with Gasteiger partial charge in [-0.15, -0.1) is 5.10 Å². The van der Waals surface area contributed by atoms with Gasteiger partial charge in [-0.1, -0.05) is 17.4 Å². The number of ether oxygens (including phenoxy) is 2. The molecule has 0 saturated carbocycles. The summed E-state index contributed by atoms with van der Waals surface area (Å²) in [5, 5.41) is 15.3. The molecular weight excluding hydrogens is 390 g/mol. The number of hydrogen-bond acceptors (Lipinski definition) is 8. The summed E-state index contributed by atoms with van der Waals surface area (Å²) in [7, 11) is 3.78. The molecule has 1 aromatic carbocycles. The van der Waals surface area contributed by atoms with E-state index in [0.29, 0.717) is 23.1 Å². The van der Waals surface area contributed by atoms with Crippen LogP contribution in [0.1, 0.15) is 29.2 Å². The molecule has 0 bridgehead atoms. The first kappa shape index (κ1) is 19.9. The number of methoxy groups -OCH3 is 1. The van der Waals surface area contributed by atoms with Crippen LogP contribution in [-0.4, -0.2) is 76.4 Å². The molecule has 8 nitrogen and oxygen atoms in total. The third-order valence-electron chi connectivity index (χ3n) is 5.26. The van der Waals surface area contributed by atoms with Gasteiger partial charge in [-0.3, -0.25) is 4.90 Å². The molecule has 1 atom stereocenters. The van der Waals surface area contributed by atoms with Crippen molar-refractivity contribution in [1.82, 2.24) is 24.4 Å². The molecule has 0 aliphatic carbocycles. The van der Waals surface area contributed by atoms with Gasteiger partial charge in [0.2, 0.25) is 10.8 Å². The van der Waals surface area contributed by atoms with Crippen LogP contribution in [0.25, 0.3) is 4.96 Å². The number of hydrogen-bond donors (Lipinski definition) is 1. The molecular formula is C20H27N5O3S. The van der Waals surface area contributed by atoms with Crippen LogP contribution in [0.15, 0.2) is 18.2 Å². The standard InChI is InChI=1S/C20H27N5O3S/c1-5-28-15-7-6-14(12-16(15)27-4)17(24-10-8-23(3)9-11-24)18-19(26)25-20(29-18)21-13(2)22-25/h6-7,12,17,26H,5,8-11H2,1-4H3/t17-/m0/s1. The van der Waals surface area contributed by atoms with Crippen LogP contribution < -0.4 is 9.47 Å². The molecule has 3 heterocycles. The van der Waals surface area contributed by atoms with Crippen LogP contribution in [0.3, 0.4) is 0 Å². The Balaban J connectivity index is 1.80. The molecule has 1 N–H and O–H groups in total. The van der Waals surface area contributed by atoms with Crippen LogP contribution in [0.5, 0.6) is 17.4 Å². The van der Waals surface area contributed by atoms with E-state index in [0.717, 1.165) is 42.4 Å². The van der Waals surface area contributed by atoms with E-state index in [1.54, 1.807) is 7.11 Å². The molecule has 2 aromatic heterocycles. The molecule has 9 heteroatoms. The normalized spacial score (nSPS) is 17.0. The van der Waals surface area contributed by atoms with Gasteiger partial charge in [0.05, 0.1) is 24.6 Å². The van der Waals surface area contributed by atoms with Crippen LogP contribution >= 0.6 is 11.3 Å². The monoisotopic (exact) mass is 417 g/mol. The Morgan fingerprint density at radius 2 is 1.97 bits per heavy atom. The van der Waals surface area contributed by atoms with Gasteiger partial charge < -0.3 is 19.5 Å². The van der Waals surface area contributed by atoms with E-state index >= 15 is 0 Å². The predicted molar refractivity (Wildman–Crippen MR) is 112 cm³/mol. The van der Waals surface area contributed by atoms with Gasteiger partial charge in [0.15, 0.2) is 11.5 Å². The zero-order chi connectivity index (χ0) is 20.5. The van der Waals surface area contributed by atoms with Gasteiger partial charge in [0.25, 0.3) is 0 Å². The number of nitrogens with zero attached hydrogens (tertiary/aromatic N) is 5. The summed E-state index contributed by atoms with van der Waals surface area (Å²) < 4.78 is 12.8. The first-order valence-electron chi connectivity index (χ1n) is 9.80. The van der Waals surface area contributed by atoms with Crippen molar-refractivity contribution in [3.8, 4) is 17.4 Å². The van der Waals surface area contributed by atoms with Gasteiger partial charge in [0.1, 0.15) is 5.82 Å². The summed E-state index contributed by atoms with van der Waals surface area (Å²) in [5.74, 6) is 2.22. The minimum Gasteiger partial charge on any atom is -0.493 e. The molecule has 29 heavy (non-hydrogen) atoms. The number of likely N-dealkylation sites (N-methyl/N-ethyl adjacent to an activating group) is 1. The minimum atomic E-state index is -0.109. The largest absolute Gasteiger partial charge is 0.493 e. The van der Waals surface area contributed by atoms with Crippen molar-refractivity contribution in [3.05, 3.63) is 34.5 Å². The van der Waals surface area contributed by atoms with E-state index < -0.39 is 0 Å². The fourth-order valence-corrected chi connectivity index (χ4v) is 4.93. The van der Waals surface area contributed by atoms with Crippen LogP contribution in [0, 0.1) is 6.92 Å². The summed E-state index contributed by atoms with van der Waals surface area (Å²) in [5.41, 5.74) is 1.05. The molecule has 3 aromatic rings. The highest BCUT2D eigenvalue weighted by molar-refractivity contribution is 7.17. The first-order chi connectivity index (χ1) is 14.0. The second kappa shape index (κ2) is 8.17. The lowest BCUT2D eigenvalue weighted by Gasteiger charge is -2.37. The molecule has 1 aliphatic rings. The topological polar surface area (TPSA) is 75.4 Å². The smallest absolute Gasteiger partial charge is 0.230 e. The highest BCUT2D eigenvalue weighted by Crippen LogP contribution is 2.42. The Labute approximate surface area is 174 Å². The van der Waals surface area contributed by atoms with Crippen molar-refractivity contribution >= 4 is 16.3 Å². The van der Waals surface area contributed by atoms with Crippen molar-refractivity contribution in [3.63, 3.8) is 0 Å². The molecule has 156 valence electrons. The molecule has 1 fully saturated rings. The Kier molecular flexibility index (Phi) is 5.62. The minimum absolute atomic E-state index is 0.109. The van der Waals surface area contributed by atoms with Crippen LogP contribution in [0.2, 0.25) is 0 Å². The lowest BCUT2D eigenvalue weighted by molar-refractivity contribution is 0.127.